The molecule has 0 saturated carbocycles. The van der Waals surface area contributed by atoms with Gasteiger partial charge >= 0.3 is 0 Å². The Balaban J connectivity index is 3.03. The van der Waals surface area contributed by atoms with E-state index in [4.69, 9.17) is 9.84 Å². The maximum absolute atomic E-state index is 9.40. The van der Waals surface area contributed by atoms with Crippen LogP contribution >= 0.6 is 0 Å². The van der Waals surface area contributed by atoms with Gasteiger partial charge in [0.25, 0.3) is 0 Å². The summed E-state index contributed by atoms with van der Waals surface area (Å²) < 4.78 is 5.73. The van der Waals surface area contributed by atoms with Crippen molar-refractivity contribution in [3.63, 3.8) is 0 Å². The van der Waals surface area contributed by atoms with Gasteiger partial charge in [-0.2, -0.15) is 0 Å². The number of para-hydroxylation sites is 1. The summed E-state index contributed by atoms with van der Waals surface area (Å²) in [5.74, 6) is 1.59. The molecule has 0 spiro atoms. The second kappa shape index (κ2) is 6.76. The highest BCUT2D eigenvalue weighted by Crippen LogP contribution is 2.34. The van der Waals surface area contributed by atoms with E-state index in [1.54, 1.807) is 0 Å². The third-order valence-corrected chi connectivity index (χ3v) is 2.95. The number of rotatable bonds is 6. The SMILES string of the molecule is CC(C)c1cccc(C(C)C)c1OCC(O)CO. The van der Waals surface area contributed by atoms with Crippen LogP contribution in [0.1, 0.15) is 50.7 Å². The van der Waals surface area contributed by atoms with Gasteiger partial charge in [0.1, 0.15) is 18.5 Å². The molecule has 18 heavy (non-hydrogen) atoms. The van der Waals surface area contributed by atoms with Crippen molar-refractivity contribution in [1.29, 1.82) is 0 Å². The highest BCUT2D eigenvalue weighted by Gasteiger charge is 2.16. The smallest absolute Gasteiger partial charge is 0.126 e. The van der Waals surface area contributed by atoms with Gasteiger partial charge in [0.2, 0.25) is 0 Å². The predicted molar refractivity (Wildman–Crippen MR) is 73.2 cm³/mol. The maximum Gasteiger partial charge on any atom is 0.126 e. The number of hydrogen-bond acceptors (Lipinski definition) is 3. The Kier molecular flexibility index (Phi) is 5.63. The summed E-state index contributed by atoms with van der Waals surface area (Å²) in [4.78, 5) is 0. The van der Waals surface area contributed by atoms with Crippen molar-refractivity contribution in [3.8, 4) is 5.75 Å². The first kappa shape index (κ1) is 15.0. The number of hydrogen-bond donors (Lipinski definition) is 2. The molecule has 0 heterocycles. The first-order chi connectivity index (χ1) is 8.47. The highest BCUT2D eigenvalue weighted by atomic mass is 16.5. The van der Waals surface area contributed by atoms with E-state index >= 15 is 0 Å². The van der Waals surface area contributed by atoms with Gasteiger partial charge in [-0.3, -0.25) is 0 Å². The molecule has 0 radical (unpaired) electrons. The van der Waals surface area contributed by atoms with E-state index in [0.29, 0.717) is 11.8 Å². The first-order valence-electron chi connectivity index (χ1n) is 6.51. The molecule has 2 N–H and O–H groups in total. The fourth-order valence-corrected chi connectivity index (χ4v) is 1.88. The molecule has 0 fully saturated rings. The second-order valence-electron chi connectivity index (χ2n) is 5.22. The monoisotopic (exact) mass is 252 g/mol. The molecule has 0 bridgehead atoms. The largest absolute Gasteiger partial charge is 0.490 e. The Hall–Kier alpha value is -1.06. The van der Waals surface area contributed by atoms with E-state index in [1.165, 1.54) is 0 Å². The van der Waals surface area contributed by atoms with Crippen LogP contribution in [0.25, 0.3) is 0 Å². The molecule has 102 valence electrons. The number of benzene rings is 1. The van der Waals surface area contributed by atoms with Gasteiger partial charge in [-0.25, -0.2) is 0 Å². The van der Waals surface area contributed by atoms with Crippen LogP contribution in [-0.4, -0.2) is 29.5 Å². The van der Waals surface area contributed by atoms with Gasteiger partial charge in [0.05, 0.1) is 6.61 Å². The molecule has 1 rings (SSSR count). The Morgan fingerprint density at radius 3 is 1.94 bits per heavy atom. The van der Waals surface area contributed by atoms with E-state index in [-0.39, 0.29) is 13.2 Å². The van der Waals surface area contributed by atoms with Crippen LogP contribution in [0.4, 0.5) is 0 Å². The quantitative estimate of drug-likeness (QED) is 0.818. The predicted octanol–water partition coefficient (Wildman–Crippen LogP) is 2.67. The fraction of sp³-hybridized carbons (Fsp3) is 0.600. The van der Waals surface area contributed by atoms with Gasteiger partial charge in [0, 0.05) is 0 Å². The first-order valence-corrected chi connectivity index (χ1v) is 6.51. The lowest BCUT2D eigenvalue weighted by Crippen LogP contribution is -2.22. The van der Waals surface area contributed by atoms with E-state index in [9.17, 15) is 5.11 Å². The Labute approximate surface area is 109 Å². The van der Waals surface area contributed by atoms with Gasteiger partial charge in [0.15, 0.2) is 0 Å². The molecule has 0 amide bonds. The summed E-state index contributed by atoms with van der Waals surface area (Å²) in [5.41, 5.74) is 2.29. The van der Waals surface area contributed by atoms with Crippen LogP contribution in [-0.2, 0) is 0 Å². The van der Waals surface area contributed by atoms with Crippen LogP contribution in [0.2, 0.25) is 0 Å². The van der Waals surface area contributed by atoms with Gasteiger partial charge in [-0.05, 0) is 23.0 Å². The summed E-state index contributed by atoms with van der Waals surface area (Å²) in [7, 11) is 0. The topological polar surface area (TPSA) is 49.7 Å². The lowest BCUT2D eigenvalue weighted by atomic mass is 9.94. The second-order valence-corrected chi connectivity index (χ2v) is 5.22. The summed E-state index contributed by atoms with van der Waals surface area (Å²) in [5, 5.41) is 18.2. The standard InChI is InChI=1S/C15H24O3/c1-10(2)13-6-5-7-14(11(3)4)15(13)18-9-12(17)8-16/h5-7,10-12,16-17H,8-9H2,1-4H3. The average molecular weight is 252 g/mol. The molecule has 1 aromatic carbocycles. The number of aliphatic hydroxyl groups is 2. The molecule has 1 aromatic rings. The Morgan fingerprint density at radius 2 is 1.56 bits per heavy atom. The van der Waals surface area contributed by atoms with Crippen LogP contribution in [0.15, 0.2) is 18.2 Å². The molecule has 3 nitrogen and oxygen atoms in total. The molecule has 3 heteroatoms. The van der Waals surface area contributed by atoms with Crippen molar-refractivity contribution >= 4 is 0 Å². The molecule has 0 aliphatic rings. The van der Waals surface area contributed by atoms with E-state index in [0.717, 1.165) is 16.9 Å². The summed E-state index contributed by atoms with van der Waals surface area (Å²) in [6.45, 7) is 8.33. The summed E-state index contributed by atoms with van der Waals surface area (Å²) in [6.07, 6.45) is -0.828. The Morgan fingerprint density at radius 1 is 1.06 bits per heavy atom. The minimum Gasteiger partial charge on any atom is -0.490 e. The van der Waals surface area contributed by atoms with Gasteiger partial charge in [-0.1, -0.05) is 45.9 Å². The summed E-state index contributed by atoms with van der Waals surface area (Å²) in [6, 6.07) is 6.15. The number of aliphatic hydroxyl groups excluding tert-OH is 2. The molecular formula is C15H24O3. The molecule has 0 aliphatic carbocycles. The molecular weight excluding hydrogens is 228 g/mol. The molecule has 1 unspecified atom stereocenters. The van der Waals surface area contributed by atoms with E-state index in [2.05, 4.69) is 39.8 Å². The average Bonchev–Trinajstić information content (AvgIpc) is 2.34. The lowest BCUT2D eigenvalue weighted by molar-refractivity contribution is 0.0528. The van der Waals surface area contributed by atoms with Crippen LogP contribution in [0.3, 0.4) is 0 Å². The molecule has 0 saturated heterocycles. The lowest BCUT2D eigenvalue weighted by Gasteiger charge is -2.21. The summed E-state index contributed by atoms with van der Waals surface area (Å²) >= 11 is 0. The van der Waals surface area contributed by atoms with E-state index < -0.39 is 6.10 Å². The van der Waals surface area contributed by atoms with Gasteiger partial charge < -0.3 is 14.9 Å². The highest BCUT2D eigenvalue weighted by molar-refractivity contribution is 5.44. The number of ether oxygens (including phenoxy) is 1. The van der Waals surface area contributed by atoms with Crippen molar-refractivity contribution in [1.82, 2.24) is 0 Å². The fourth-order valence-electron chi connectivity index (χ4n) is 1.88. The third-order valence-electron chi connectivity index (χ3n) is 2.95. The van der Waals surface area contributed by atoms with Crippen molar-refractivity contribution in [2.45, 2.75) is 45.6 Å². The molecule has 1 atom stereocenters. The molecule has 0 aromatic heterocycles. The normalized spacial score (nSPS) is 13.1. The van der Waals surface area contributed by atoms with Crippen LogP contribution < -0.4 is 4.74 Å². The van der Waals surface area contributed by atoms with Crippen molar-refractivity contribution in [2.24, 2.45) is 0 Å². The van der Waals surface area contributed by atoms with Crippen molar-refractivity contribution in [3.05, 3.63) is 29.3 Å². The zero-order chi connectivity index (χ0) is 13.7. The van der Waals surface area contributed by atoms with Crippen molar-refractivity contribution < 1.29 is 14.9 Å². The third kappa shape index (κ3) is 3.72. The maximum atomic E-state index is 9.40. The van der Waals surface area contributed by atoms with Crippen molar-refractivity contribution in [2.75, 3.05) is 13.2 Å². The van der Waals surface area contributed by atoms with Crippen LogP contribution in [0, 0.1) is 0 Å². The molecule has 0 aliphatic heterocycles. The van der Waals surface area contributed by atoms with Crippen LogP contribution in [0.5, 0.6) is 5.75 Å². The minimum absolute atomic E-state index is 0.125. The van der Waals surface area contributed by atoms with Gasteiger partial charge in [-0.15, -0.1) is 0 Å². The van der Waals surface area contributed by atoms with E-state index in [1.807, 2.05) is 6.07 Å². The zero-order valence-electron chi connectivity index (χ0n) is 11.7. The zero-order valence-corrected chi connectivity index (χ0v) is 11.7. The minimum atomic E-state index is -0.828. The Bertz CT molecular complexity index is 346.